The Balaban J connectivity index is 1.94. The Hall–Kier alpha value is -0.870. The lowest BCUT2D eigenvalue weighted by molar-refractivity contribution is 0.0720. The molecule has 4 heteroatoms. The molecule has 0 aliphatic carbocycles. The molecule has 1 fully saturated rings. The molecule has 2 unspecified atom stereocenters. The zero-order valence-corrected chi connectivity index (χ0v) is 11.7. The molecule has 4 nitrogen and oxygen atoms in total. The van der Waals surface area contributed by atoms with Crippen LogP contribution in [0.25, 0.3) is 0 Å². The Bertz CT molecular complexity index is 362. The van der Waals surface area contributed by atoms with Gasteiger partial charge in [0, 0.05) is 24.8 Å². The summed E-state index contributed by atoms with van der Waals surface area (Å²) in [6.07, 6.45) is 7.99. The maximum Gasteiger partial charge on any atom is 0.0949 e. The van der Waals surface area contributed by atoms with Crippen LogP contribution in [0.2, 0.25) is 0 Å². The second kappa shape index (κ2) is 6.34. The fourth-order valence-corrected chi connectivity index (χ4v) is 2.57. The molecule has 0 spiro atoms. The van der Waals surface area contributed by atoms with E-state index < -0.39 is 0 Å². The molecule has 1 aliphatic heterocycles. The maximum atomic E-state index is 5.61. The predicted octanol–water partition coefficient (Wildman–Crippen LogP) is 2.51. The lowest BCUT2D eigenvalue weighted by atomic mass is 9.97. The Morgan fingerprint density at radius 1 is 1.50 bits per heavy atom. The second-order valence-corrected chi connectivity index (χ2v) is 5.48. The molecule has 2 atom stereocenters. The summed E-state index contributed by atoms with van der Waals surface area (Å²) in [6.45, 7) is 8.04. The summed E-state index contributed by atoms with van der Waals surface area (Å²) in [7, 11) is 0. The first-order chi connectivity index (χ1) is 8.66. The molecule has 1 N–H and O–H groups in total. The van der Waals surface area contributed by atoms with Crippen LogP contribution in [0.1, 0.15) is 51.8 Å². The summed E-state index contributed by atoms with van der Waals surface area (Å²) in [6, 6.07) is 1.06. The molecule has 1 saturated heterocycles. The van der Waals surface area contributed by atoms with Gasteiger partial charge in [0.2, 0.25) is 0 Å². The monoisotopic (exact) mass is 251 g/mol. The highest BCUT2D eigenvalue weighted by Crippen LogP contribution is 2.25. The van der Waals surface area contributed by atoms with Gasteiger partial charge >= 0.3 is 0 Å². The fourth-order valence-electron chi connectivity index (χ4n) is 2.57. The summed E-state index contributed by atoms with van der Waals surface area (Å²) in [5.74, 6) is 0. The van der Waals surface area contributed by atoms with Gasteiger partial charge in [-0.25, -0.2) is 4.98 Å². The first-order valence-corrected chi connectivity index (χ1v) is 7.04. The van der Waals surface area contributed by atoms with Crippen LogP contribution in [0.5, 0.6) is 0 Å². The van der Waals surface area contributed by atoms with Crippen LogP contribution < -0.4 is 5.32 Å². The molecule has 2 rings (SSSR count). The largest absolute Gasteiger partial charge is 0.377 e. The van der Waals surface area contributed by atoms with Crippen molar-refractivity contribution in [2.24, 2.45) is 0 Å². The molecule has 1 aromatic heterocycles. The molecule has 0 bridgehead atoms. The third kappa shape index (κ3) is 3.56. The van der Waals surface area contributed by atoms with Crippen molar-refractivity contribution in [2.45, 2.75) is 64.8 Å². The summed E-state index contributed by atoms with van der Waals surface area (Å²) < 4.78 is 7.83. The third-order valence-electron chi connectivity index (χ3n) is 3.50. The van der Waals surface area contributed by atoms with Crippen molar-refractivity contribution in [1.82, 2.24) is 14.9 Å². The van der Waals surface area contributed by atoms with Gasteiger partial charge in [-0.05, 0) is 40.0 Å². The van der Waals surface area contributed by atoms with Gasteiger partial charge in [0.25, 0.3) is 0 Å². The van der Waals surface area contributed by atoms with Gasteiger partial charge in [-0.15, -0.1) is 0 Å². The number of hydrogen-bond acceptors (Lipinski definition) is 3. The normalized spacial score (nSPS) is 24.7. The van der Waals surface area contributed by atoms with Crippen molar-refractivity contribution in [1.29, 1.82) is 0 Å². The first-order valence-electron chi connectivity index (χ1n) is 7.04. The van der Waals surface area contributed by atoms with E-state index in [1.807, 2.05) is 12.5 Å². The van der Waals surface area contributed by atoms with Crippen molar-refractivity contribution in [3.63, 3.8) is 0 Å². The minimum atomic E-state index is 0.296. The zero-order valence-electron chi connectivity index (χ0n) is 11.7. The number of rotatable bonds is 5. The van der Waals surface area contributed by atoms with Crippen LogP contribution in [-0.4, -0.2) is 28.3 Å². The van der Waals surface area contributed by atoms with Crippen LogP contribution in [-0.2, 0) is 11.3 Å². The van der Waals surface area contributed by atoms with E-state index in [1.165, 1.54) is 25.0 Å². The maximum absolute atomic E-state index is 5.61. The van der Waals surface area contributed by atoms with Gasteiger partial charge in [0.15, 0.2) is 0 Å². The fraction of sp³-hybridized carbons (Fsp3) is 0.786. The van der Waals surface area contributed by atoms with E-state index >= 15 is 0 Å². The highest BCUT2D eigenvalue weighted by atomic mass is 16.5. The topological polar surface area (TPSA) is 39.1 Å². The highest BCUT2D eigenvalue weighted by molar-refractivity contribution is 5.07. The molecule has 0 radical (unpaired) electrons. The van der Waals surface area contributed by atoms with Crippen molar-refractivity contribution in [3.05, 3.63) is 18.2 Å². The van der Waals surface area contributed by atoms with E-state index in [4.69, 9.17) is 4.74 Å². The van der Waals surface area contributed by atoms with Gasteiger partial charge in [-0.1, -0.05) is 0 Å². The van der Waals surface area contributed by atoms with Crippen molar-refractivity contribution in [2.75, 3.05) is 6.61 Å². The number of nitrogens with zero attached hydrogens (tertiary/aromatic N) is 2. The van der Waals surface area contributed by atoms with Crippen LogP contribution >= 0.6 is 0 Å². The number of nitrogens with one attached hydrogen (secondary N) is 1. The van der Waals surface area contributed by atoms with E-state index in [-0.39, 0.29) is 0 Å². The summed E-state index contributed by atoms with van der Waals surface area (Å²) >= 11 is 0. The van der Waals surface area contributed by atoms with Crippen LogP contribution in [0.3, 0.4) is 0 Å². The SMILES string of the molecule is CC1CCCC(c2cncn2CCOC(C)C)N1. The minimum absolute atomic E-state index is 0.296. The lowest BCUT2D eigenvalue weighted by Crippen LogP contribution is -2.35. The number of ether oxygens (including phenoxy) is 1. The van der Waals surface area contributed by atoms with Crippen LogP contribution in [0, 0.1) is 0 Å². The Labute approximate surface area is 110 Å². The van der Waals surface area contributed by atoms with E-state index in [0.29, 0.717) is 18.2 Å². The Morgan fingerprint density at radius 3 is 3.06 bits per heavy atom. The standard InChI is InChI=1S/C14H25N3O/c1-11(2)18-8-7-17-10-15-9-14(17)13-6-4-5-12(3)16-13/h9-13,16H,4-8H2,1-3H3. The Morgan fingerprint density at radius 2 is 2.33 bits per heavy atom. The smallest absolute Gasteiger partial charge is 0.0949 e. The number of aromatic nitrogens is 2. The molecule has 2 heterocycles. The third-order valence-corrected chi connectivity index (χ3v) is 3.50. The average molecular weight is 251 g/mol. The summed E-state index contributed by atoms with van der Waals surface area (Å²) in [5.41, 5.74) is 1.30. The molecule has 18 heavy (non-hydrogen) atoms. The van der Waals surface area contributed by atoms with Gasteiger partial charge in [-0.3, -0.25) is 0 Å². The molecule has 1 aliphatic rings. The highest BCUT2D eigenvalue weighted by Gasteiger charge is 2.21. The first kappa shape index (κ1) is 13.6. The van der Waals surface area contributed by atoms with Gasteiger partial charge < -0.3 is 14.6 Å². The van der Waals surface area contributed by atoms with E-state index in [2.05, 4.69) is 35.6 Å². The van der Waals surface area contributed by atoms with Crippen molar-refractivity contribution >= 4 is 0 Å². The lowest BCUT2D eigenvalue weighted by Gasteiger charge is -2.29. The Kier molecular flexibility index (Phi) is 4.78. The molecule has 0 aromatic carbocycles. The molecule has 0 amide bonds. The second-order valence-electron chi connectivity index (χ2n) is 5.48. The zero-order chi connectivity index (χ0) is 13.0. The quantitative estimate of drug-likeness (QED) is 0.874. The van der Waals surface area contributed by atoms with Crippen molar-refractivity contribution in [3.8, 4) is 0 Å². The predicted molar refractivity (Wildman–Crippen MR) is 72.5 cm³/mol. The van der Waals surface area contributed by atoms with Gasteiger partial charge in [0.05, 0.1) is 24.7 Å². The van der Waals surface area contributed by atoms with E-state index in [9.17, 15) is 0 Å². The molecule has 1 aromatic rings. The number of imidazole rings is 1. The van der Waals surface area contributed by atoms with Gasteiger partial charge in [0.1, 0.15) is 0 Å². The average Bonchev–Trinajstić information content (AvgIpc) is 2.77. The summed E-state index contributed by atoms with van der Waals surface area (Å²) in [4.78, 5) is 4.29. The molecule has 102 valence electrons. The van der Waals surface area contributed by atoms with E-state index in [1.54, 1.807) is 0 Å². The van der Waals surface area contributed by atoms with Crippen molar-refractivity contribution < 1.29 is 4.74 Å². The minimum Gasteiger partial charge on any atom is -0.377 e. The van der Waals surface area contributed by atoms with Crippen LogP contribution in [0.15, 0.2) is 12.5 Å². The number of piperidine rings is 1. The van der Waals surface area contributed by atoms with E-state index in [0.717, 1.165) is 13.2 Å². The number of hydrogen-bond donors (Lipinski definition) is 1. The van der Waals surface area contributed by atoms with Crippen LogP contribution in [0.4, 0.5) is 0 Å². The molecule has 0 saturated carbocycles. The summed E-state index contributed by atoms with van der Waals surface area (Å²) in [5, 5.41) is 3.66. The molecular formula is C14H25N3O. The van der Waals surface area contributed by atoms with Gasteiger partial charge in [-0.2, -0.15) is 0 Å². The molecular weight excluding hydrogens is 226 g/mol.